The quantitative estimate of drug-likeness (QED) is 0.161. The lowest BCUT2D eigenvalue weighted by molar-refractivity contribution is -0.105. The third-order valence-corrected chi connectivity index (χ3v) is 12.2. The first kappa shape index (κ1) is 35.0. The van der Waals surface area contributed by atoms with E-state index in [0.29, 0.717) is 61.5 Å². The van der Waals surface area contributed by atoms with Crippen LogP contribution in [0.3, 0.4) is 0 Å². The van der Waals surface area contributed by atoms with Crippen molar-refractivity contribution in [3.8, 4) is 17.6 Å². The van der Waals surface area contributed by atoms with Gasteiger partial charge in [-0.1, -0.05) is 30.7 Å². The molecule has 52 heavy (non-hydrogen) atoms. The molecule has 3 fully saturated rings. The smallest absolute Gasteiger partial charge is 0.340 e. The minimum atomic E-state index is -4.25. The third kappa shape index (κ3) is 6.78. The maximum atomic E-state index is 15.3. The van der Waals surface area contributed by atoms with E-state index in [9.17, 15) is 12.8 Å². The molecule has 0 amide bonds. The Kier molecular flexibility index (Phi) is 9.46. The molecule has 5 heterocycles. The molecule has 3 atom stereocenters. The van der Waals surface area contributed by atoms with E-state index in [1.54, 1.807) is 18.2 Å². The van der Waals surface area contributed by atoms with E-state index in [1.165, 1.54) is 18.2 Å². The zero-order chi connectivity index (χ0) is 36.0. The monoisotopic (exact) mass is 734 g/mol. The van der Waals surface area contributed by atoms with Crippen molar-refractivity contribution >= 4 is 26.6 Å². The normalized spacial score (nSPS) is 23.4. The topological polar surface area (TPSA) is 103 Å². The standard InChI is InChI=1S/C39H44F2N4O6S/c1-3-30-32(41)13-10-26-19-28(50-35-7-4-5-18-48-35)20-34(36(26)30)44-17-14-31-33(23-44)42-38(49-24-39-15-6-16-45(39)22-27(40)21-39)43-37(31)51-52(46,47)29-11-8-25(2)9-12-29/h8-13,19-20,27,35H,3-7,14-18,21-24H2,1-2H3/t27-,35?,39+/m1/s1. The van der Waals surface area contributed by atoms with Crippen molar-refractivity contribution in [2.75, 3.05) is 37.7 Å². The first-order valence-electron chi connectivity index (χ1n) is 18.3. The summed E-state index contributed by atoms with van der Waals surface area (Å²) in [6, 6.07) is 13.5. The Morgan fingerprint density at radius 1 is 1.06 bits per heavy atom. The van der Waals surface area contributed by atoms with Gasteiger partial charge in [0.1, 0.15) is 29.2 Å². The second kappa shape index (κ2) is 14.1. The van der Waals surface area contributed by atoms with Crippen LogP contribution in [0.5, 0.6) is 17.6 Å². The molecule has 0 spiro atoms. The predicted octanol–water partition coefficient (Wildman–Crippen LogP) is 6.83. The van der Waals surface area contributed by atoms with Gasteiger partial charge in [0.05, 0.1) is 24.4 Å². The van der Waals surface area contributed by atoms with E-state index in [-0.39, 0.29) is 42.0 Å². The van der Waals surface area contributed by atoms with Crippen molar-refractivity contribution in [1.29, 1.82) is 0 Å². The Bertz CT molecular complexity index is 2080. The van der Waals surface area contributed by atoms with Crippen LogP contribution in [-0.4, -0.2) is 74.1 Å². The molecule has 4 aliphatic rings. The van der Waals surface area contributed by atoms with E-state index < -0.39 is 21.8 Å². The molecule has 8 rings (SSSR count). The highest BCUT2D eigenvalue weighted by molar-refractivity contribution is 7.87. The fraction of sp³-hybridized carbons (Fsp3) is 0.487. The minimum Gasteiger partial charge on any atom is -0.465 e. The van der Waals surface area contributed by atoms with Crippen molar-refractivity contribution in [2.24, 2.45) is 0 Å². The second-order valence-electron chi connectivity index (χ2n) is 14.5. The highest BCUT2D eigenvalue weighted by Gasteiger charge is 2.49. The van der Waals surface area contributed by atoms with Crippen molar-refractivity contribution in [3.63, 3.8) is 0 Å². The predicted molar refractivity (Wildman–Crippen MR) is 192 cm³/mol. The summed E-state index contributed by atoms with van der Waals surface area (Å²) in [7, 11) is -4.25. The Hall–Kier alpha value is -4.07. The zero-order valence-corrected chi connectivity index (χ0v) is 30.4. The van der Waals surface area contributed by atoms with Gasteiger partial charge < -0.3 is 23.3 Å². The number of hydrogen-bond donors (Lipinski definition) is 0. The molecule has 10 nitrogen and oxygen atoms in total. The van der Waals surface area contributed by atoms with Crippen LogP contribution in [0.25, 0.3) is 10.8 Å². The summed E-state index contributed by atoms with van der Waals surface area (Å²) in [6.45, 7) is 6.49. The van der Waals surface area contributed by atoms with E-state index in [2.05, 4.69) is 14.8 Å². The molecular weight excluding hydrogens is 691 g/mol. The summed E-state index contributed by atoms with van der Waals surface area (Å²) < 4.78 is 81.2. The van der Waals surface area contributed by atoms with Crippen LogP contribution in [0.15, 0.2) is 53.4 Å². The van der Waals surface area contributed by atoms with Gasteiger partial charge in [0.2, 0.25) is 5.88 Å². The van der Waals surface area contributed by atoms with E-state index in [0.717, 1.165) is 60.7 Å². The fourth-order valence-electron chi connectivity index (χ4n) is 8.30. The molecule has 1 unspecified atom stereocenters. The Balaban J connectivity index is 1.17. The summed E-state index contributed by atoms with van der Waals surface area (Å²) in [5.74, 6) is 0.250. The molecule has 1 aromatic heterocycles. The Morgan fingerprint density at radius 2 is 1.90 bits per heavy atom. The lowest BCUT2D eigenvalue weighted by Gasteiger charge is -2.33. The van der Waals surface area contributed by atoms with Gasteiger partial charge in [0, 0.05) is 48.6 Å². The summed E-state index contributed by atoms with van der Waals surface area (Å²) in [4.78, 5) is 13.6. The number of nitrogens with zero attached hydrogens (tertiary/aromatic N) is 4. The van der Waals surface area contributed by atoms with Gasteiger partial charge in [-0.15, -0.1) is 0 Å². The molecule has 13 heteroatoms. The van der Waals surface area contributed by atoms with Gasteiger partial charge in [0.25, 0.3) is 0 Å². The van der Waals surface area contributed by atoms with Crippen LogP contribution in [-0.2, 0) is 34.2 Å². The summed E-state index contributed by atoms with van der Waals surface area (Å²) in [5.41, 5.74) is 2.92. The molecule has 0 radical (unpaired) electrons. The van der Waals surface area contributed by atoms with Crippen LogP contribution < -0.4 is 18.6 Å². The number of alkyl halides is 1. The van der Waals surface area contributed by atoms with Gasteiger partial charge in [-0.2, -0.15) is 18.4 Å². The molecule has 3 aromatic carbocycles. The van der Waals surface area contributed by atoms with Crippen molar-refractivity contribution in [1.82, 2.24) is 14.9 Å². The van der Waals surface area contributed by atoms with E-state index in [1.807, 2.05) is 26.0 Å². The van der Waals surface area contributed by atoms with Gasteiger partial charge in [-0.3, -0.25) is 4.90 Å². The molecule has 4 aliphatic heterocycles. The molecule has 0 N–H and O–H groups in total. The molecule has 276 valence electrons. The van der Waals surface area contributed by atoms with Crippen LogP contribution >= 0.6 is 0 Å². The van der Waals surface area contributed by atoms with Crippen LogP contribution in [0.4, 0.5) is 14.5 Å². The number of fused-ring (bicyclic) bond motifs is 3. The lowest BCUT2D eigenvalue weighted by Crippen LogP contribution is -2.43. The number of benzene rings is 3. The lowest BCUT2D eigenvalue weighted by atomic mass is 9.95. The Morgan fingerprint density at radius 3 is 2.69 bits per heavy atom. The van der Waals surface area contributed by atoms with Gasteiger partial charge in [0.15, 0.2) is 6.29 Å². The fourth-order valence-corrected chi connectivity index (χ4v) is 9.21. The Labute approximate surface area is 303 Å². The SMILES string of the molecule is CCc1c(F)ccc2cc(OC3CCCCO3)cc(N3CCc4c(nc(OC[C@@]56CCCN5C[C@H](F)C6)nc4OS(=O)(=O)c4ccc(C)cc4)C3)c12. The molecule has 0 saturated carbocycles. The number of rotatable bonds is 10. The molecule has 0 aliphatic carbocycles. The second-order valence-corrected chi connectivity index (χ2v) is 16.0. The van der Waals surface area contributed by atoms with Crippen LogP contribution in [0, 0.1) is 12.7 Å². The number of hydrogen-bond acceptors (Lipinski definition) is 10. The first-order valence-corrected chi connectivity index (χ1v) is 19.7. The maximum Gasteiger partial charge on any atom is 0.340 e. The van der Waals surface area contributed by atoms with Crippen LogP contribution in [0.2, 0.25) is 0 Å². The van der Waals surface area contributed by atoms with Gasteiger partial charge in [-0.25, -0.2) is 8.78 Å². The minimum absolute atomic E-state index is 0.00477. The van der Waals surface area contributed by atoms with Gasteiger partial charge in [-0.05, 0) is 87.2 Å². The van der Waals surface area contributed by atoms with Gasteiger partial charge >= 0.3 is 16.1 Å². The zero-order valence-electron chi connectivity index (χ0n) is 29.6. The number of halogens is 2. The number of aryl methyl sites for hydroxylation is 2. The van der Waals surface area contributed by atoms with Crippen molar-refractivity contribution < 1.29 is 35.6 Å². The number of aromatic nitrogens is 2. The molecule has 0 bridgehead atoms. The molecule has 3 saturated heterocycles. The van der Waals surface area contributed by atoms with E-state index in [4.69, 9.17) is 23.4 Å². The average molecular weight is 735 g/mol. The number of ether oxygens (including phenoxy) is 3. The average Bonchev–Trinajstić information content (AvgIpc) is 3.66. The molecule has 4 aromatic rings. The van der Waals surface area contributed by atoms with Crippen LogP contribution in [0.1, 0.15) is 67.8 Å². The largest absolute Gasteiger partial charge is 0.465 e. The highest BCUT2D eigenvalue weighted by Crippen LogP contribution is 2.42. The van der Waals surface area contributed by atoms with E-state index >= 15 is 4.39 Å². The summed E-state index contributed by atoms with van der Waals surface area (Å²) >= 11 is 0. The number of anilines is 1. The maximum absolute atomic E-state index is 15.3. The van der Waals surface area contributed by atoms with Crippen molar-refractivity contribution in [2.45, 2.75) is 94.7 Å². The highest BCUT2D eigenvalue weighted by atomic mass is 32.2. The molecular formula is C39H44F2N4O6S. The summed E-state index contributed by atoms with van der Waals surface area (Å²) in [5, 5.41) is 1.63. The first-order chi connectivity index (χ1) is 25.1. The summed E-state index contributed by atoms with van der Waals surface area (Å²) in [6.07, 6.45) is 4.45. The van der Waals surface area contributed by atoms with Crippen molar-refractivity contribution in [3.05, 3.63) is 76.7 Å². The third-order valence-electron chi connectivity index (χ3n) is 11.0.